The van der Waals surface area contributed by atoms with Crippen LogP contribution >= 0.6 is 0 Å². The van der Waals surface area contributed by atoms with E-state index in [1.807, 2.05) is 30.3 Å². The van der Waals surface area contributed by atoms with E-state index in [-0.39, 0.29) is 42.8 Å². The van der Waals surface area contributed by atoms with Gasteiger partial charge in [-0.15, -0.1) is 0 Å². The van der Waals surface area contributed by atoms with Crippen LogP contribution in [-0.4, -0.2) is 22.9 Å². The average Bonchev–Trinajstić information content (AvgIpc) is 2.75. The zero-order valence-corrected chi connectivity index (χ0v) is 15.7. The average molecular weight is 487 g/mol. The molecular weight excluding hydrogens is 466 g/mol. The first-order chi connectivity index (χ1) is 8.72. The molecule has 2 atom stereocenters. The second-order valence-corrected chi connectivity index (χ2v) is 4.73. The molecule has 0 saturated carbocycles. The zero-order valence-electron chi connectivity index (χ0n) is 11.5. The summed E-state index contributed by atoms with van der Waals surface area (Å²) < 4.78 is 11.5. The molecule has 1 aliphatic rings. The normalized spacial score (nSPS) is 25.0. The summed E-state index contributed by atoms with van der Waals surface area (Å²) in [5, 5.41) is 9.96. The van der Waals surface area contributed by atoms with E-state index < -0.39 is 6.10 Å². The summed E-state index contributed by atoms with van der Waals surface area (Å²) >= 11 is 0. The molecule has 1 saturated heterocycles. The number of ether oxygens (including phenoxy) is 2. The minimum atomic E-state index is -0.645. The smallest absolute Gasteiger partial charge is 0.0839 e. The third-order valence-corrected chi connectivity index (χ3v) is 3.74. The van der Waals surface area contributed by atoms with Gasteiger partial charge in [-0.3, -0.25) is 0 Å². The van der Waals surface area contributed by atoms with E-state index in [1.165, 1.54) is 6.61 Å². The molecule has 1 unspecified atom stereocenters. The van der Waals surface area contributed by atoms with Gasteiger partial charge in [-0.05, 0) is 24.5 Å². The van der Waals surface area contributed by atoms with Gasteiger partial charge in [-0.25, -0.2) is 0 Å². The Morgan fingerprint density at radius 3 is 2.47 bits per heavy atom. The van der Waals surface area contributed by atoms with Crippen LogP contribution in [0.15, 0.2) is 30.3 Å². The predicted octanol–water partition coefficient (Wildman–Crippen LogP) is 2.68. The van der Waals surface area contributed by atoms with Gasteiger partial charge in [0.05, 0.1) is 18.3 Å². The van der Waals surface area contributed by atoms with Crippen LogP contribution in [0.3, 0.4) is 0 Å². The van der Waals surface area contributed by atoms with Crippen molar-refractivity contribution in [1.82, 2.24) is 0 Å². The van der Waals surface area contributed by atoms with Crippen molar-refractivity contribution in [2.45, 2.75) is 51.1 Å². The second kappa shape index (κ2) is 7.81. The molecule has 4 heteroatoms. The van der Waals surface area contributed by atoms with Crippen LogP contribution in [0.4, 0.5) is 0 Å². The molecule has 104 valence electrons. The van der Waals surface area contributed by atoms with E-state index in [9.17, 15) is 5.11 Å². The van der Waals surface area contributed by atoms with Gasteiger partial charge >= 0.3 is 0 Å². The van der Waals surface area contributed by atoms with Crippen molar-refractivity contribution in [3.05, 3.63) is 42.5 Å². The summed E-state index contributed by atoms with van der Waals surface area (Å²) in [5.41, 5.74) is 0.728. The molecule has 0 aliphatic carbocycles. The molecule has 1 fully saturated rings. The van der Waals surface area contributed by atoms with Crippen molar-refractivity contribution in [3.63, 3.8) is 0 Å². The molecule has 0 radical (unpaired) electrons. The van der Waals surface area contributed by atoms with Crippen LogP contribution in [0, 0.1) is 37.7 Å². The minimum absolute atomic E-state index is 0. The van der Waals surface area contributed by atoms with Crippen molar-refractivity contribution in [2.75, 3.05) is 0 Å². The molecule has 1 N–H and O–H groups in total. The van der Waals surface area contributed by atoms with E-state index in [0.29, 0.717) is 6.61 Å². The van der Waals surface area contributed by atoms with Crippen LogP contribution in [-0.2, 0) is 16.1 Å². The van der Waals surface area contributed by atoms with Gasteiger partial charge in [0.15, 0.2) is 0 Å². The summed E-state index contributed by atoms with van der Waals surface area (Å²) in [6, 6.07) is 9.99. The van der Waals surface area contributed by atoms with Crippen molar-refractivity contribution < 1.29 is 45.7 Å². The summed E-state index contributed by atoms with van der Waals surface area (Å²) in [5.74, 6) is 0. The number of hydrogen-bond donors (Lipinski definition) is 1. The van der Waals surface area contributed by atoms with Gasteiger partial charge in [0.1, 0.15) is 0 Å². The van der Waals surface area contributed by atoms with Gasteiger partial charge < -0.3 is 14.6 Å². The van der Waals surface area contributed by atoms with Crippen molar-refractivity contribution in [3.8, 4) is 0 Å². The molecule has 0 spiro atoms. The Bertz CT molecular complexity index is 365. The fourth-order valence-corrected chi connectivity index (χ4v) is 2.48. The minimum Gasteiger partial charge on any atom is -0.543 e. The molecule has 1 aliphatic heterocycles. The monoisotopic (exact) mass is 487 g/mol. The molecule has 3 nitrogen and oxygen atoms in total. The van der Waals surface area contributed by atoms with E-state index in [2.05, 4.69) is 13.8 Å². The topological polar surface area (TPSA) is 38.7 Å². The zero-order chi connectivity index (χ0) is 13.0. The number of hydrogen-bond acceptors (Lipinski definition) is 3. The summed E-state index contributed by atoms with van der Waals surface area (Å²) in [6.45, 7) is 6.13. The van der Waals surface area contributed by atoms with Crippen LogP contribution in [0.25, 0.3) is 0 Å². The third-order valence-electron chi connectivity index (χ3n) is 3.74. The van der Waals surface area contributed by atoms with Gasteiger partial charge in [-0.2, -0.15) is 6.61 Å². The molecular formula is C15H21O3U-. The van der Waals surface area contributed by atoms with E-state index >= 15 is 0 Å². The van der Waals surface area contributed by atoms with Gasteiger partial charge in [-0.1, -0.05) is 44.2 Å². The maximum Gasteiger partial charge on any atom is 0.0839 e. The van der Waals surface area contributed by atoms with Crippen LogP contribution in [0.5, 0.6) is 0 Å². The summed E-state index contributed by atoms with van der Waals surface area (Å²) in [7, 11) is 0. The maximum atomic E-state index is 9.96. The van der Waals surface area contributed by atoms with E-state index in [0.717, 1.165) is 18.4 Å². The Morgan fingerprint density at radius 1 is 1.26 bits per heavy atom. The van der Waals surface area contributed by atoms with Gasteiger partial charge in [0, 0.05) is 31.1 Å². The van der Waals surface area contributed by atoms with Crippen LogP contribution < -0.4 is 0 Å². The first kappa shape index (κ1) is 17.2. The summed E-state index contributed by atoms with van der Waals surface area (Å²) in [6.07, 6.45) is 0.730. The van der Waals surface area contributed by atoms with E-state index in [1.54, 1.807) is 0 Å². The Labute approximate surface area is 139 Å². The second-order valence-electron chi connectivity index (χ2n) is 4.73. The number of aliphatic hydroxyl groups excluding tert-OH is 1. The van der Waals surface area contributed by atoms with Crippen molar-refractivity contribution in [2.24, 2.45) is 0 Å². The fraction of sp³-hybridized carbons (Fsp3) is 0.533. The van der Waals surface area contributed by atoms with E-state index in [4.69, 9.17) is 9.47 Å². The Hall–Kier alpha value is 0.152. The SMILES string of the molecule is CCC1(CC)O[CH-]C(O)[C@@H]1OCc1ccccc1.[U]. The third kappa shape index (κ3) is 3.83. The molecule has 1 aromatic carbocycles. The molecule has 1 aromatic rings. The van der Waals surface area contributed by atoms with Gasteiger partial charge in [0.25, 0.3) is 0 Å². The molecule has 0 bridgehead atoms. The van der Waals surface area contributed by atoms with Crippen LogP contribution in [0.2, 0.25) is 0 Å². The Morgan fingerprint density at radius 2 is 1.89 bits per heavy atom. The fourth-order valence-electron chi connectivity index (χ4n) is 2.48. The first-order valence-electron chi connectivity index (χ1n) is 6.56. The molecule has 0 aromatic heterocycles. The number of benzene rings is 1. The number of rotatable bonds is 5. The Kier molecular flexibility index (Phi) is 7.07. The molecule has 19 heavy (non-hydrogen) atoms. The molecule has 1 heterocycles. The maximum absolute atomic E-state index is 9.96. The first-order valence-corrected chi connectivity index (χ1v) is 6.56. The van der Waals surface area contributed by atoms with Crippen LogP contribution in [0.1, 0.15) is 32.3 Å². The van der Waals surface area contributed by atoms with Crippen molar-refractivity contribution >= 4 is 0 Å². The standard InChI is InChI=1S/C15H21O3.U/c1-3-15(4-2)14(13(16)11-18-15)17-10-12-8-6-5-7-9-12;/h5-9,11,13-14,16H,3-4,10H2,1-2H3;/q-1;/t13?,14-;/m0./s1. The predicted molar refractivity (Wildman–Crippen MR) is 69.7 cm³/mol. The van der Waals surface area contributed by atoms with Crippen molar-refractivity contribution in [1.29, 1.82) is 0 Å². The number of aliphatic hydroxyl groups is 1. The summed E-state index contributed by atoms with van der Waals surface area (Å²) in [4.78, 5) is 0. The quantitative estimate of drug-likeness (QED) is 0.650. The van der Waals surface area contributed by atoms with Gasteiger partial charge in [0.2, 0.25) is 0 Å². The molecule has 2 rings (SSSR count). The Balaban J connectivity index is 0.00000180. The molecule has 0 amide bonds. The largest absolute Gasteiger partial charge is 0.543 e.